The fraction of sp³-hybridized carbons (Fsp3) is 0.263. The minimum Gasteiger partial charge on any atom is -0.390 e. The van der Waals surface area contributed by atoms with Gasteiger partial charge in [-0.1, -0.05) is 17.8 Å². The smallest absolute Gasteiger partial charge is 0.390 e. The van der Waals surface area contributed by atoms with E-state index in [0.29, 0.717) is 11.1 Å². The first-order chi connectivity index (χ1) is 17.6. The first-order valence-electron chi connectivity index (χ1n) is 10.2. The first kappa shape index (κ1) is 29.9. The summed E-state index contributed by atoms with van der Waals surface area (Å²) in [5.74, 6) is 7.91. The van der Waals surface area contributed by atoms with Crippen LogP contribution in [0.5, 0.6) is 0 Å². The summed E-state index contributed by atoms with van der Waals surface area (Å²) in [6.45, 7) is -0.904. The van der Waals surface area contributed by atoms with E-state index >= 15 is 0 Å². The van der Waals surface area contributed by atoms with E-state index in [1.807, 2.05) is 0 Å². The number of aromatic nitrogens is 2. The lowest BCUT2D eigenvalue weighted by molar-refractivity contribution is -0.0449. The number of anilines is 1. The topological polar surface area (TPSA) is 250 Å². The summed E-state index contributed by atoms with van der Waals surface area (Å²) in [6, 6.07) is 6.73. The number of terminal acetylenes is 1. The maximum atomic E-state index is 12.4. The Balaban J connectivity index is 1.71. The van der Waals surface area contributed by atoms with E-state index in [0.717, 1.165) is 4.57 Å². The molecule has 0 amide bonds. The zero-order valence-electron chi connectivity index (χ0n) is 18.9. The van der Waals surface area contributed by atoms with Crippen molar-refractivity contribution in [2.24, 2.45) is 0 Å². The number of aliphatic hydroxyl groups is 1. The van der Waals surface area contributed by atoms with Gasteiger partial charge in [0.05, 0.1) is 18.3 Å². The maximum absolute atomic E-state index is 12.4. The lowest BCUT2D eigenvalue weighted by atomic mass is 10.1. The Morgan fingerprint density at radius 3 is 2.32 bits per heavy atom. The Morgan fingerprint density at radius 1 is 1.08 bits per heavy atom. The number of nitrogen functional groups attached to an aromatic ring is 1. The maximum Gasteiger partial charge on any atom is 0.490 e. The number of hydrogen-bond donors (Lipinski definition) is 6. The van der Waals surface area contributed by atoms with Crippen molar-refractivity contribution in [3.63, 3.8) is 0 Å². The third kappa shape index (κ3) is 8.43. The molecule has 3 rings (SSSR count). The molecule has 0 spiro atoms. The van der Waals surface area contributed by atoms with E-state index in [1.165, 1.54) is 6.20 Å². The third-order valence-electron chi connectivity index (χ3n) is 4.71. The van der Waals surface area contributed by atoms with Crippen molar-refractivity contribution >= 4 is 29.3 Å². The molecule has 1 aliphatic heterocycles. The average Bonchev–Trinajstić information content (AvgIpc) is 3.15. The van der Waals surface area contributed by atoms with Crippen LogP contribution in [0.15, 0.2) is 35.3 Å². The molecule has 38 heavy (non-hydrogen) atoms. The molecule has 16 nitrogen and oxygen atoms in total. The summed E-state index contributed by atoms with van der Waals surface area (Å²) < 4.78 is 52.2. The quantitative estimate of drug-likeness (QED) is 0.177. The molecule has 2 aromatic rings. The number of phosphoric acid groups is 3. The van der Waals surface area contributed by atoms with Crippen molar-refractivity contribution in [3.05, 3.63) is 57.6 Å². The molecule has 1 fully saturated rings. The number of benzene rings is 1. The van der Waals surface area contributed by atoms with Crippen molar-refractivity contribution in [1.29, 1.82) is 0 Å². The highest BCUT2D eigenvalue weighted by molar-refractivity contribution is 7.66. The van der Waals surface area contributed by atoms with Gasteiger partial charge in [0, 0.05) is 23.7 Å². The fourth-order valence-electron chi connectivity index (χ4n) is 3.08. The molecule has 5 unspecified atom stereocenters. The Labute approximate surface area is 214 Å². The molecule has 0 radical (unpaired) electrons. The molecule has 0 aliphatic carbocycles. The third-order valence-corrected chi connectivity index (χ3v) is 8.51. The number of nitrogens with two attached hydrogens (primary N) is 1. The molecule has 7 N–H and O–H groups in total. The second-order valence-electron chi connectivity index (χ2n) is 7.52. The Bertz CT molecular complexity index is 1500. The van der Waals surface area contributed by atoms with Gasteiger partial charge < -0.3 is 35.2 Å². The molecule has 19 heteroatoms. The Morgan fingerprint density at radius 2 is 1.71 bits per heavy atom. The summed E-state index contributed by atoms with van der Waals surface area (Å²) in [5, 5.41) is 10.3. The first-order valence-corrected chi connectivity index (χ1v) is 14.7. The molecule has 0 bridgehead atoms. The van der Waals surface area contributed by atoms with Crippen LogP contribution in [-0.4, -0.2) is 53.0 Å². The summed E-state index contributed by atoms with van der Waals surface area (Å²) >= 11 is 0. The summed E-state index contributed by atoms with van der Waals surface area (Å²) in [4.78, 5) is 51.9. The van der Waals surface area contributed by atoms with E-state index in [1.54, 1.807) is 24.3 Å². The van der Waals surface area contributed by atoms with Crippen molar-refractivity contribution in [2.45, 2.75) is 24.9 Å². The molecule has 0 saturated carbocycles. The van der Waals surface area contributed by atoms with E-state index in [-0.39, 0.29) is 17.8 Å². The zero-order chi connectivity index (χ0) is 28.3. The highest BCUT2D eigenvalue weighted by Crippen LogP contribution is 2.66. The number of aliphatic hydroxyl groups excluding tert-OH is 1. The van der Waals surface area contributed by atoms with Gasteiger partial charge in [-0.15, -0.1) is 6.42 Å². The van der Waals surface area contributed by atoms with Gasteiger partial charge in [0.1, 0.15) is 18.1 Å². The zero-order valence-corrected chi connectivity index (χ0v) is 21.6. The highest BCUT2D eigenvalue weighted by Gasteiger charge is 2.43. The summed E-state index contributed by atoms with van der Waals surface area (Å²) in [6.07, 6.45) is 2.50. The molecule has 5 atom stereocenters. The van der Waals surface area contributed by atoms with Gasteiger partial charge in [0.2, 0.25) is 0 Å². The van der Waals surface area contributed by atoms with Gasteiger partial charge in [0.25, 0.3) is 0 Å². The normalized spacial score (nSPS) is 22.5. The Hall–Kier alpha value is -2.65. The predicted molar refractivity (Wildman–Crippen MR) is 128 cm³/mol. The van der Waals surface area contributed by atoms with Crippen LogP contribution in [0.3, 0.4) is 0 Å². The van der Waals surface area contributed by atoms with E-state index < -0.39 is 54.2 Å². The van der Waals surface area contributed by atoms with Gasteiger partial charge in [-0.05, 0) is 24.3 Å². The van der Waals surface area contributed by atoms with Gasteiger partial charge in [-0.3, -0.25) is 9.09 Å². The lowest BCUT2D eigenvalue weighted by Crippen LogP contribution is -2.29. The second-order valence-corrected chi connectivity index (χ2v) is 11.9. The summed E-state index contributed by atoms with van der Waals surface area (Å²) in [7, 11) is -16.7. The van der Waals surface area contributed by atoms with Crippen LogP contribution in [-0.2, 0) is 31.6 Å². The lowest BCUT2D eigenvalue weighted by Gasteiger charge is -2.19. The SMILES string of the molecule is C#Cc1ccc(C#Cc2cn(C3CC(O)C(COP(=O)(O)OP(=O)(O)OP(=O)(O)O)O3)c(=O)nc2N)cc1. The minimum absolute atomic E-state index is 0.153. The number of hydrogen-bond acceptors (Lipinski definition) is 11. The largest absolute Gasteiger partial charge is 0.490 e. The van der Waals surface area contributed by atoms with Crippen LogP contribution >= 0.6 is 23.5 Å². The Kier molecular flexibility index (Phi) is 9.14. The van der Waals surface area contributed by atoms with Crippen LogP contribution < -0.4 is 11.4 Å². The molecular formula is C19H20N3O13P3. The molecule has 1 aliphatic rings. The average molecular weight is 591 g/mol. The summed E-state index contributed by atoms with van der Waals surface area (Å²) in [5.41, 5.74) is 6.36. The number of phosphoric ester groups is 1. The van der Waals surface area contributed by atoms with Crippen LogP contribution in [0.2, 0.25) is 0 Å². The van der Waals surface area contributed by atoms with Crippen LogP contribution in [0.1, 0.15) is 29.3 Å². The van der Waals surface area contributed by atoms with Gasteiger partial charge >= 0.3 is 29.2 Å². The number of ether oxygens (including phenoxy) is 1. The van der Waals surface area contributed by atoms with Crippen molar-refractivity contribution in [2.75, 3.05) is 12.3 Å². The fourth-order valence-corrected chi connectivity index (χ4v) is 6.11. The van der Waals surface area contributed by atoms with E-state index in [9.17, 15) is 33.4 Å². The van der Waals surface area contributed by atoms with Gasteiger partial charge in [-0.2, -0.15) is 13.6 Å². The van der Waals surface area contributed by atoms with Gasteiger partial charge in [0.15, 0.2) is 0 Å². The molecular weight excluding hydrogens is 571 g/mol. The molecule has 2 heterocycles. The van der Waals surface area contributed by atoms with Crippen molar-refractivity contribution < 1.29 is 56.3 Å². The van der Waals surface area contributed by atoms with Crippen molar-refractivity contribution in [3.8, 4) is 24.2 Å². The van der Waals surface area contributed by atoms with Crippen LogP contribution in [0.25, 0.3) is 0 Å². The molecule has 1 aromatic carbocycles. The number of nitrogens with zero attached hydrogens (tertiary/aromatic N) is 2. The van der Waals surface area contributed by atoms with Crippen molar-refractivity contribution in [1.82, 2.24) is 9.55 Å². The standard InChI is InChI=1S/C19H20N3O13P3/c1-2-12-3-5-13(6-4-12)7-8-14-10-22(19(24)21-18(14)20)17-9-15(23)16(33-17)11-32-37(28,29)35-38(30,31)34-36(25,26)27/h1,3-6,10,15-17,23H,9,11H2,(H,28,29)(H,30,31)(H2,20,21,24)(H2,25,26,27). The van der Waals surface area contributed by atoms with E-state index in [4.69, 9.17) is 26.7 Å². The highest BCUT2D eigenvalue weighted by atomic mass is 31.3. The van der Waals surface area contributed by atoms with Crippen LogP contribution in [0.4, 0.5) is 5.82 Å². The molecule has 1 saturated heterocycles. The van der Waals surface area contributed by atoms with E-state index in [2.05, 4.69) is 35.9 Å². The van der Waals surface area contributed by atoms with Crippen LogP contribution in [0, 0.1) is 24.2 Å². The predicted octanol–water partition coefficient (Wildman–Crippen LogP) is 0.198. The molecule has 1 aromatic heterocycles. The number of rotatable bonds is 8. The monoisotopic (exact) mass is 591 g/mol. The molecule has 204 valence electrons. The second kappa shape index (κ2) is 11.6. The minimum atomic E-state index is -5.71. The van der Waals surface area contributed by atoms with Gasteiger partial charge in [-0.25, -0.2) is 18.5 Å².